The molecule has 0 spiro atoms. The molecule has 0 radical (unpaired) electrons. The van der Waals surface area contributed by atoms with E-state index in [0.717, 1.165) is 42.4 Å². The van der Waals surface area contributed by atoms with E-state index in [1.165, 1.54) is 16.3 Å². The van der Waals surface area contributed by atoms with Crippen LogP contribution in [0.15, 0.2) is 78.9 Å². The van der Waals surface area contributed by atoms with Crippen molar-refractivity contribution in [1.82, 2.24) is 0 Å². The smallest absolute Gasteiger partial charge is 0.157 e. The van der Waals surface area contributed by atoms with Crippen LogP contribution in [-0.4, -0.2) is 15.3 Å². The molecule has 0 saturated carbocycles. The highest BCUT2D eigenvalue weighted by atomic mass is 16.3. The molecule has 0 aliphatic heterocycles. The van der Waals surface area contributed by atoms with Crippen molar-refractivity contribution < 1.29 is 15.3 Å². The molecule has 4 aromatic rings. The molecule has 0 atom stereocenters. The molecular formula is C26H24O3. The standard InChI is InChI=1S/C26H24O3/c27-24-13-8-18(9-14-24)5-11-22-16-25(28)26(29)17-23(22)12-7-19-6-10-20-3-1-2-4-21(20)15-19/h1-4,6,8-10,13-17,27-29H,5,7,11-12H2. The molecule has 3 heteroatoms. The van der Waals surface area contributed by atoms with Gasteiger partial charge in [-0.1, -0.05) is 54.6 Å². The van der Waals surface area contributed by atoms with Crippen LogP contribution in [0.5, 0.6) is 17.2 Å². The maximum Gasteiger partial charge on any atom is 0.157 e. The van der Waals surface area contributed by atoms with Crippen molar-refractivity contribution in [1.29, 1.82) is 0 Å². The van der Waals surface area contributed by atoms with Crippen LogP contribution >= 0.6 is 0 Å². The lowest BCUT2D eigenvalue weighted by Gasteiger charge is -2.12. The summed E-state index contributed by atoms with van der Waals surface area (Å²) in [6, 6.07) is 25.4. The van der Waals surface area contributed by atoms with Crippen LogP contribution in [0.3, 0.4) is 0 Å². The largest absolute Gasteiger partial charge is 0.508 e. The van der Waals surface area contributed by atoms with Crippen molar-refractivity contribution in [2.24, 2.45) is 0 Å². The lowest BCUT2D eigenvalue weighted by atomic mass is 9.94. The minimum absolute atomic E-state index is 0.0769. The Morgan fingerprint density at radius 2 is 1.03 bits per heavy atom. The maximum atomic E-state index is 10.0. The number of hydrogen-bond donors (Lipinski definition) is 3. The summed E-state index contributed by atoms with van der Waals surface area (Å²) >= 11 is 0. The molecule has 146 valence electrons. The van der Waals surface area contributed by atoms with Crippen molar-refractivity contribution >= 4 is 10.8 Å². The number of hydrogen-bond acceptors (Lipinski definition) is 3. The second kappa shape index (κ2) is 8.27. The van der Waals surface area contributed by atoms with Gasteiger partial charge in [0.2, 0.25) is 0 Å². The van der Waals surface area contributed by atoms with Gasteiger partial charge in [-0.3, -0.25) is 0 Å². The van der Waals surface area contributed by atoms with E-state index >= 15 is 0 Å². The summed E-state index contributed by atoms with van der Waals surface area (Å²) in [4.78, 5) is 0. The van der Waals surface area contributed by atoms with Gasteiger partial charge in [-0.05, 0) is 83.0 Å². The van der Waals surface area contributed by atoms with Crippen molar-refractivity contribution in [3.05, 3.63) is 101 Å². The minimum atomic E-state index is -0.0832. The third-order valence-electron chi connectivity index (χ3n) is 5.41. The first-order valence-electron chi connectivity index (χ1n) is 9.88. The van der Waals surface area contributed by atoms with E-state index in [1.807, 2.05) is 24.3 Å². The predicted molar refractivity (Wildman–Crippen MR) is 117 cm³/mol. The Kier molecular flexibility index (Phi) is 5.39. The van der Waals surface area contributed by atoms with Crippen molar-refractivity contribution in [3.8, 4) is 17.2 Å². The molecule has 0 fully saturated rings. The van der Waals surface area contributed by atoms with Crippen LogP contribution in [0, 0.1) is 0 Å². The summed E-state index contributed by atoms with van der Waals surface area (Å²) in [6.45, 7) is 0. The zero-order valence-corrected chi connectivity index (χ0v) is 16.2. The molecule has 0 unspecified atom stereocenters. The zero-order chi connectivity index (χ0) is 20.2. The normalized spacial score (nSPS) is 11.0. The molecule has 0 amide bonds. The number of phenolic OH excluding ortho intramolecular Hbond substituents is 3. The molecule has 0 saturated heterocycles. The van der Waals surface area contributed by atoms with Crippen LogP contribution in [0.4, 0.5) is 0 Å². The minimum Gasteiger partial charge on any atom is -0.508 e. The van der Waals surface area contributed by atoms with Crippen molar-refractivity contribution in [2.45, 2.75) is 25.7 Å². The van der Waals surface area contributed by atoms with Crippen LogP contribution < -0.4 is 0 Å². The van der Waals surface area contributed by atoms with E-state index in [4.69, 9.17) is 0 Å². The van der Waals surface area contributed by atoms with Gasteiger partial charge in [0, 0.05) is 0 Å². The van der Waals surface area contributed by atoms with E-state index in [1.54, 1.807) is 24.3 Å². The Morgan fingerprint density at radius 3 is 1.69 bits per heavy atom. The fraction of sp³-hybridized carbons (Fsp3) is 0.154. The molecule has 3 N–H and O–H groups in total. The van der Waals surface area contributed by atoms with Crippen LogP contribution in [0.1, 0.15) is 22.3 Å². The molecule has 0 heterocycles. The third-order valence-corrected chi connectivity index (χ3v) is 5.41. The summed E-state index contributed by atoms with van der Waals surface area (Å²) in [5, 5.41) is 31.9. The van der Waals surface area contributed by atoms with Gasteiger partial charge in [-0.15, -0.1) is 0 Å². The lowest BCUT2D eigenvalue weighted by molar-refractivity contribution is 0.402. The topological polar surface area (TPSA) is 60.7 Å². The molecule has 0 aliphatic carbocycles. The van der Waals surface area contributed by atoms with Gasteiger partial charge in [0.1, 0.15) is 5.75 Å². The molecule has 3 nitrogen and oxygen atoms in total. The Hall–Kier alpha value is -3.46. The zero-order valence-electron chi connectivity index (χ0n) is 16.2. The van der Waals surface area contributed by atoms with Gasteiger partial charge in [0.25, 0.3) is 0 Å². The average molecular weight is 384 g/mol. The summed E-state index contributed by atoms with van der Waals surface area (Å²) < 4.78 is 0. The first-order valence-corrected chi connectivity index (χ1v) is 9.88. The summed E-state index contributed by atoms with van der Waals surface area (Å²) in [5.74, 6) is 0.0964. The Bertz CT molecular complexity index is 1130. The van der Waals surface area contributed by atoms with Gasteiger partial charge in [0.15, 0.2) is 11.5 Å². The van der Waals surface area contributed by atoms with Gasteiger partial charge in [0.05, 0.1) is 0 Å². The Morgan fingerprint density at radius 1 is 0.483 bits per heavy atom. The first kappa shape index (κ1) is 18.9. The fourth-order valence-corrected chi connectivity index (χ4v) is 3.74. The van der Waals surface area contributed by atoms with E-state index in [9.17, 15) is 15.3 Å². The van der Waals surface area contributed by atoms with E-state index in [-0.39, 0.29) is 17.2 Å². The number of rotatable bonds is 6. The second-order valence-corrected chi connectivity index (χ2v) is 7.46. The Labute approximate surface area is 170 Å². The van der Waals surface area contributed by atoms with Crippen molar-refractivity contribution in [2.75, 3.05) is 0 Å². The monoisotopic (exact) mass is 384 g/mol. The highest BCUT2D eigenvalue weighted by Crippen LogP contribution is 2.30. The second-order valence-electron chi connectivity index (χ2n) is 7.46. The van der Waals surface area contributed by atoms with Gasteiger partial charge >= 0.3 is 0 Å². The predicted octanol–water partition coefficient (Wildman–Crippen LogP) is 5.53. The maximum absolute atomic E-state index is 10.0. The molecular weight excluding hydrogens is 360 g/mol. The quantitative estimate of drug-likeness (QED) is 0.383. The summed E-state index contributed by atoms with van der Waals surface area (Å²) in [6.07, 6.45) is 3.21. The molecule has 4 aromatic carbocycles. The van der Waals surface area contributed by atoms with E-state index in [0.29, 0.717) is 0 Å². The number of aromatic hydroxyl groups is 3. The van der Waals surface area contributed by atoms with Crippen LogP contribution in [0.25, 0.3) is 10.8 Å². The summed E-state index contributed by atoms with van der Waals surface area (Å²) in [7, 11) is 0. The number of phenols is 3. The molecule has 0 bridgehead atoms. The SMILES string of the molecule is Oc1ccc(CCc2cc(O)c(O)cc2CCc2ccc3ccccc3c2)cc1. The number of benzene rings is 4. The molecule has 0 aliphatic rings. The van der Waals surface area contributed by atoms with Crippen molar-refractivity contribution in [3.63, 3.8) is 0 Å². The summed E-state index contributed by atoms with van der Waals surface area (Å²) in [5.41, 5.74) is 4.46. The fourth-order valence-electron chi connectivity index (χ4n) is 3.74. The highest BCUT2D eigenvalue weighted by molar-refractivity contribution is 5.83. The van der Waals surface area contributed by atoms with Gasteiger partial charge in [-0.25, -0.2) is 0 Å². The number of fused-ring (bicyclic) bond motifs is 1. The molecule has 0 aromatic heterocycles. The Balaban J connectivity index is 1.52. The average Bonchev–Trinajstić information content (AvgIpc) is 2.74. The van der Waals surface area contributed by atoms with Crippen LogP contribution in [0.2, 0.25) is 0 Å². The first-order chi connectivity index (χ1) is 14.1. The van der Waals surface area contributed by atoms with E-state index < -0.39 is 0 Å². The van der Waals surface area contributed by atoms with Gasteiger partial charge in [-0.2, -0.15) is 0 Å². The van der Waals surface area contributed by atoms with Crippen LogP contribution in [-0.2, 0) is 25.7 Å². The lowest BCUT2D eigenvalue weighted by Crippen LogP contribution is -2.00. The molecule has 4 rings (SSSR count). The third kappa shape index (κ3) is 4.52. The van der Waals surface area contributed by atoms with Gasteiger partial charge < -0.3 is 15.3 Å². The van der Waals surface area contributed by atoms with E-state index in [2.05, 4.69) is 30.3 Å². The number of aryl methyl sites for hydroxylation is 4. The highest BCUT2D eigenvalue weighted by Gasteiger charge is 2.10. The molecule has 29 heavy (non-hydrogen) atoms.